The van der Waals surface area contributed by atoms with Crippen LogP contribution in [0.2, 0.25) is 0 Å². The zero-order valence-electron chi connectivity index (χ0n) is 51.7. The van der Waals surface area contributed by atoms with Gasteiger partial charge in [-0.15, -0.1) is 0 Å². The molecule has 0 saturated carbocycles. The molecule has 0 aliphatic rings. The van der Waals surface area contributed by atoms with Crippen molar-refractivity contribution in [3.63, 3.8) is 0 Å². The predicted octanol–water partition coefficient (Wildman–Crippen LogP) is 23.2. The molecule has 0 aromatic carbocycles. The van der Waals surface area contributed by atoms with Crippen LogP contribution in [0.1, 0.15) is 394 Å². The minimum atomic E-state index is -0.764. The number of hydrogen-bond donors (Lipinski definition) is 0. The number of ether oxygens (including phenoxy) is 3. The third kappa shape index (κ3) is 61.5. The van der Waals surface area contributed by atoms with Crippen molar-refractivity contribution in [3.8, 4) is 0 Å². The van der Waals surface area contributed by atoms with E-state index in [1.54, 1.807) is 0 Å². The van der Waals surface area contributed by atoms with Crippen molar-refractivity contribution in [2.45, 2.75) is 400 Å². The van der Waals surface area contributed by atoms with Crippen LogP contribution in [0.4, 0.5) is 0 Å². The molecule has 75 heavy (non-hydrogen) atoms. The summed E-state index contributed by atoms with van der Waals surface area (Å²) in [7, 11) is 0. The van der Waals surface area contributed by atoms with Gasteiger partial charge in [-0.1, -0.05) is 356 Å². The average molecular weight is 1060 g/mol. The van der Waals surface area contributed by atoms with Crippen molar-refractivity contribution in [2.24, 2.45) is 11.8 Å². The van der Waals surface area contributed by atoms with Gasteiger partial charge >= 0.3 is 17.9 Å². The highest BCUT2D eigenvalue weighted by Crippen LogP contribution is 2.20. The molecule has 0 spiro atoms. The van der Waals surface area contributed by atoms with Crippen LogP contribution < -0.4 is 0 Å². The lowest BCUT2D eigenvalue weighted by Gasteiger charge is -2.18. The van der Waals surface area contributed by atoms with E-state index in [4.69, 9.17) is 14.2 Å². The summed E-state index contributed by atoms with van der Waals surface area (Å²) >= 11 is 0. The molecule has 0 aromatic rings. The SMILES string of the molecule is CCCCCCCCCCCCCCCCCCCCCC(=O)O[C@H](COC(=O)CCCCCCCCCCCCCCCCCCCCC(C)CC)COC(=O)CCCCCCCCCCCCCCCC(C)C. The largest absolute Gasteiger partial charge is 0.462 e. The number of hydrogen-bond acceptors (Lipinski definition) is 6. The summed E-state index contributed by atoms with van der Waals surface area (Å²) in [5.74, 6) is 0.923. The molecule has 2 atom stereocenters. The Labute approximate surface area is 469 Å². The van der Waals surface area contributed by atoms with E-state index >= 15 is 0 Å². The first-order valence-electron chi connectivity index (χ1n) is 34.3. The first-order chi connectivity index (χ1) is 36.8. The molecule has 0 saturated heterocycles. The summed E-state index contributed by atoms with van der Waals surface area (Å²) in [4.78, 5) is 38.4. The number of esters is 3. The van der Waals surface area contributed by atoms with E-state index in [1.165, 1.54) is 283 Å². The number of carbonyl (C=O) groups is 3. The Morgan fingerprint density at radius 2 is 0.507 bits per heavy atom. The fourth-order valence-corrected chi connectivity index (χ4v) is 10.8. The molecule has 446 valence electrons. The summed E-state index contributed by atoms with van der Waals surface area (Å²) in [6, 6.07) is 0. The van der Waals surface area contributed by atoms with E-state index in [9.17, 15) is 14.4 Å². The molecule has 0 amide bonds. The Morgan fingerprint density at radius 1 is 0.280 bits per heavy atom. The molecule has 0 aliphatic carbocycles. The maximum atomic E-state index is 12.9. The first kappa shape index (κ1) is 73.4. The van der Waals surface area contributed by atoms with Crippen LogP contribution in [-0.4, -0.2) is 37.2 Å². The Bertz CT molecular complexity index is 1150. The zero-order valence-corrected chi connectivity index (χ0v) is 51.7. The zero-order chi connectivity index (χ0) is 54.6. The van der Waals surface area contributed by atoms with E-state index in [-0.39, 0.29) is 31.1 Å². The molecule has 0 heterocycles. The van der Waals surface area contributed by atoms with Gasteiger partial charge in [-0.05, 0) is 31.1 Å². The second-order valence-corrected chi connectivity index (χ2v) is 24.5. The molecule has 0 bridgehead atoms. The molecule has 0 N–H and O–H groups in total. The maximum Gasteiger partial charge on any atom is 0.306 e. The topological polar surface area (TPSA) is 78.9 Å². The van der Waals surface area contributed by atoms with Crippen LogP contribution in [0.15, 0.2) is 0 Å². The van der Waals surface area contributed by atoms with Gasteiger partial charge in [0.25, 0.3) is 0 Å². The van der Waals surface area contributed by atoms with Crippen molar-refractivity contribution < 1.29 is 28.6 Å². The van der Waals surface area contributed by atoms with Gasteiger partial charge in [0.05, 0.1) is 0 Å². The van der Waals surface area contributed by atoms with Crippen molar-refractivity contribution in [3.05, 3.63) is 0 Å². The summed E-state index contributed by atoms with van der Waals surface area (Å²) in [5.41, 5.74) is 0. The number of unbranched alkanes of at least 4 members (excludes halogenated alkanes) is 47. The van der Waals surface area contributed by atoms with Crippen LogP contribution in [-0.2, 0) is 28.6 Å². The molecule has 0 rings (SSSR count). The molecule has 6 nitrogen and oxygen atoms in total. The molecule has 0 aliphatic heterocycles. The Kier molecular flexibility index (Phi) is 60.3. The molecule has 0 aromatic heterocycles. The van der Waals surface area contributed by atoms with Gasteiger partial charge in [-0.2, -0.15) is 0 Å². The number of carbonyl (C=O) groups excluding carboxylic acids is 3. The summed E-state index contributed by atoms with van der Waals surface area (Å²) in [5, 5.41) is 0. The quantitative estimate of drug-likeness (QED) is 0.0343. The highest BCUT2D eigenvalue weighted by Gasteiger charge is 2.20. The van der Waals surface area contributed by atoms with Crippen LogP contribution >= 0.6 is 0 Å². The van der Waals surface area contributed by atoms with E-state index in [1.807, 2.05) is 0 Å². The smallest absolute Gasteiger partial charge is 0.306 e. The lowest BCUT2D eigenvalue weighted by Crippen LogP contribution is -2.30. The van der Waals surface area contributed by atoms with Crippen LogP contribution in [0.25, 0.3) is 0 Å². The minimum Gasteiger partial charge on any atom is -0.462 e. The van der Waals surface area contributed by atoms with Crippen molar-refractivity contribution in [1.82, 2.24) is 0 Å². The molecule has 6 heteroatoms. The minimum absolute atomic E-state index is 0.0614. The van der Waals surface area contributed by atoms with Crippen molar-refractivity contribution >= 4 is 17.9 Å². The van der Waals surface area contributed by atoms with Crippen LogP contribution in [0.3, 0.4) is 0 Å². The summed E-state index contributed by atoms with van der Waals surface area (Å²) < 4.78 is 17.0. The van der Waals surface area contributed by atoms with Gasteiger partial charge in [-0.25, -0.2) is 0 Å². The molecule has 1 unspecified atom stereocenters. The first-order valence-corrected chi connectivity index (χ1v) is 34.3. The van der Waals surface area contributed by atoms with Gasteiger partial charge in [0.15, 0.2) is 6.10 Å². The summed E-state index contributed by atoms with van der Waals surface area (Å²) in [6.07, 6.45) is 69.7. The Morgan fingerprint density at radius 3 is 0.760 bits per heavy atom. The normalized spacial score (nSPS) is 12.4. The van der Waals surface area contributed by atoms with E-state index in [2.05, 4.69) is 34.6 Å². The van der Waals surface area contributed by atoms with Crippen LogP contribution in [0.5, 0.6) is 0 Å². The molecular formula is C69H134O6. The fraction of sp³-hybridized carbons (Fsp3) is 0.957. The Balaban J connectivity index is 4.26. The Hall–Kier alpha value is -1.59. The second-order valence-electron chi connectivity index (χ2n) is 24.5. The van der Waals surface area contributed by atoms with E-state index < -0.39 is 6.10 Å². The predicted molar refractivity (Wildman–Crippen MR) is 326 cm³/mol. The van der Waals surface area contributed by atoms with Crippen LogP contribution in [0, 0.1) is 11.8 Å². The third-order valence-corrected chi connectivity index (χ3v) is 16.3. The van der Waals surface area contributed by atoms with Gasteiger partial charge < -0.3 is 14.2 Å². The second kappa shape index (κ2) is 61.6. The fourth-order valence-electron chi connectivity index (χ4n) is 10.8. The summed E-state index contributed by atoms with van der Waals surface area (Å²) in [6.45, 7) is 11.5. The van der Waals surface area contributed by atoms with Gasteiger partial charge in [0, 0.05) is 19.3 Å². The molecule has 0 fully saturated rings. The van der Waals surface area contributed by atoms with Gasteiger partial charge in [-0.3, -0.25) is 14.4 Å². The van der Waals surface area contributed by atoms with Gasteiger partial charge in [0.2, 0.25) is 0 Å². The average Bonchev–Trinajstić information content (AvgIpc) is 3.40. The third-order valence-electron chi connectivity index (χ3n) is 16.3. The molecule has 0 radical (unpaired) electrons. The standard InChI is InChI=1S/C69H134O6/c1-6-8-9-10-11-12-13-14-15-16-17-22-25-30-36-41-46-51-56-61-69(72)75-66(63-74-68(71)60-55-50-45-40-35-31-26-27-32-37-42-47-52-57-64(3)4)62-73-67(70)59-54-49-44-39-34-29-24-21-19-18-20-23-28-33-38-43-48-53-58-65(5)7-2/h64-66H,6-63H2,1-5H3/t65?,66-/m1/s1. The van der Waals surface area contributed by atoms with Gasteiger partial charge in [0.1, 0.15) is 13.2 Å². The lowest BCUT2D eigenvalue weighted by molar-refractivity contribution is -0.167. The highest BCUT2D eigenvalue weighted by atomic mass is 16.6. The maximum absolute atomic E-state index is 12.9. The molecular weight excluding hydrogens is 925 g/mol. The highest BCUT2D eigenvalue weighted by molar-refractivity contribution is 5.71. The van der Waals surface area contributed by atoms with E-state index in [0.29, 0.717) is 19.3 Å². The van der Waals surface area contributed by atoms with Crippen molar-refractivity contribution in [2.75, 3.05) is 13.2 Å². The lowest BCUT2D eigenvalue weighted by atomic mass is 9.99. The van der Waals surface area contributed by atoms with E-state index in [0.717, 1.165) is 69.6 Å². The van der Waals surface area contributed by atoms with Crippen molar-refractivity contribution in [1.29, 1.82) is 0 Å². The monoisotopic (exact) mass is 1060 g/mol. The number of rotatable bonds is 63.